The van der Waals surface area contributed by atoms with Gasteiger partial charge in [0.1, 0.15) is 5.75 Å². The maximum Gasteiger partial charge on any atom is 0.277 e. The van der Waals surface area contributed by atoms with Crippen molar-refractivity contribution in [1.29, 1.82) is 0 Å². The molecule has 148 valence electrons. The molecule has 0 aliphatic heterocycles. The van der Waals surface area contributed by atoms with E-state index in [-0.39, 0.29) is 12.3 Å². The van der Waals surface area contributed by atoms with Gasteiger partial charge in [-0.25, -0.2) is 5.43 Å². The standard InChI is InChI=1S/C18H19N3O7/c1-25-15-8-12(9-16(26-2)18(15)27-3)10-19-20-17(22)11-28-14-6-4-13(5-7-14)21(23)24/h4-10H,11H2,1-3H3,(H,20,22). The third-order valence-corrected chi connectivity index (χ3v) is 3.51. The van der Waals surface area contributed by atoms with Crippen LogP contribution in [0.3, 0.4) is 0 Å². The number of nitro benzene ring substituents is 1. The molecule has 0 radical (unpaired) electrons. The Bertz CT molecular complexity index is 841. The minimum Gasteiger partial charge on any atom is -0.493 e. The molecular weight excluding hydrogens is 370 g/mol. The number of rotatable bonds is 9. The summed E-state index contributed by atoms with van der Waals surface area (Å²) < 4.78 is 21.0. The Balaban J connectivity index is 1.93. The summed E-state index contributed by atoms with van der Waals surface area (Å²) in [6.45, 7) is -0.301. The van der Waals surface area contributed by atoms with Crippen molar-refractivity contribution < 1.29 is 28.7 Å². The van der Waals surface area contributed by atoms with Crippen LogP contribution in [-0.4, -0.2) is 45.0 Å². The van der Waals surface area contributed by atoms with Crippen molar-refractivity contribution in [3.05, 3.63) is 52.1 Å². The molecule has 0 aliphatic rings. The fourth-order valence-electron chi connectivity index (χ4n) is 2.20. The average molecular weight is 389 g/mol. The quantitative estimate of drug-likeness (QED) is 0.396. The van der Waals surface area contributed by atoms with Crippen LogP contribution in [0.1, 0.15) is 5.56 Å². The van der Waals surface area contributed by atoms with Crippen molar-refractivity contribution in [2.24, 2.45) is 5.10 Å². The number of nitrogens with zero attached hydrogens (tertiary/aromatic N) is 2. The molecule has 10 nitrogen and oxygen atoms in total. The van der Waals surface area contributed by atoms with E-state index in [1.807, 2.05) is 0 Å². The minimum absolute atomic E-state index is 0.0632. The van der Waals surface area contributed by atoms with Crippen LogP contribution in [0, 0.1) is 10.1 Å². The zero-order valence-corrected chi connectivity index (χ0v) is 15.5. The van der Waals surface area contributed by atoms with Gasteiger partial charge in [-0.2, -0.15) is 5.10 Å². The second-order valence-corrected chi connectivity index (χ2v) is 5.29. The van der Waals surface area contributed by atoms with E-state index in [0.29, 0.717) is 28.6 Å². The van der Waals surface area contributed by atoms with Gasteiger partial charge in [-0.3, -0.25) is 14.9 Å². The van der Waals surface area contributed by atoms with Crippen LogP contribution in [0.5, 0.6) is 23.0 Å². The number of carbonyl (C=O) groups is 1. The summed E-state index contributed by atoms with van der Waals surface area (Å²) in [5, 5.41) is 14.4. The summed E-state index contributed by atoms with van der Waals surface area (Å²) in [7, 11) is 4.49. The Morgan fingerprint density at radius 1 is 1.11 bits per heavy atom. The molecule has 1 amide bonds. The Morgan fingerprint density at radius 2 is 1.71 bits per heavy atom. The number of methoxy groups -OCH3 is 3. The second kappa shape index (κ2) is 9.76. The van der Waals surface area contributed by atoms with Gasteiger partial charge in [0, 0.05) is 17.7 Å². The van der Waals surface area contributed by atoms with Gasteiger partial charge < -0.3 is 18.9 Å². The second-order valence-electron chi connectivity index (χ2n) is 5.29. The number of non-ortho nitro benzene ring substituents is 1. The molecule has 10 heteroatoms. The molecule has 0 bridgehead atoms. The first-order chi connectivity index (χ1) is 13.5. The van der Waals surface area contributed by atoms with Crippen molar-refractivity contribution in [3.63, 3.8) is 0 Å². The topological polar surface area (TPSA) is 122 Å². The molecule has 2 aromatic carbocycles. The average Bonchev–Trinajstić information content (AvgIpc) is 2.71. The monoisotopic (exact) mass is 389 g/mol. The molecule has 0 spiro atoms. The molecule has 0 aromatic heterocycles. The van der Waals surface area contributed by atoms with Crippen LogP contribution in [0.25, 0.3) is 0 Å². The van der Waals surface area contributed by atoms with Gasteiger partial charge in [0.05, 0.1) is 32.5 Å². The minimum atomic E-state index is -0.519. The van der Waals surface area contributed by atoms with Crippen molar-refractivity contribution in [2.45, 2.75) is 0 Å². The normalized spacial score (nSPS) is 10.4. The highest BCUT2D eigenvalue weighted by Gasteiger charge is 2.12. The number of ether oxygens (including phenoxy) is 4. The van der Waals surface area contributed by atoms with E-state index < -0.39 is 10.8 Å². The molecule has 0 aliphatic carbocycles. The van der Waals surface area contributed by atoms with E-state index in [1.165, 1.54) is 51.8 Å². The molecule has 2 aromatic rings. The lowest BCUT2D eigenvalue weighted by Gasteiger charge is -2.12. The highest BCUT2D eigenvalue weighted by Crippen LogP contribution is 2.37. The molecule has 0 fully saturated rings. The van der Waals surface area contributed by atoms with Gasteiger partial charge in [-0.1, -0.05) is 0 Å². The molecule has 1 N–H and O–H groups in total. The molecule has 28 heavy (non-hydrogen) atoms. The van der Waals surface area contributed by atoms with Crippen molar-refractivity contribution >= 4 is 17.8 Å². The van der Waals surface area contributed by atoms with Crippen molar-refractivity contribution in [1.82, 2.24) is 5.43 Å². The predicted molar refractivity (Wildman–Crippen MR) is 100 cm³/mol. The fraction of sp³-hybridized carbons (Fsp3) is 0.222. The van der Waals surface area contributed by atoms with E-state index in [2.05, 4.69) is 10.5 Å². The lowest BCUT2D eigenvalue weighted by molar-refractivity contribution is -0.384. The van der Waals surface area contributed by atoms with Crippen LogP contribution in [0.15, 0.2) is 41.5 Å². The van der Waals surface area contributed by atoms with Gasteiger partial charge in [-0.15, -0.1) is 0 Å². The third kappa shape index (κ3) is 5.34. The lowest BCUT2D eigenvalue weighted by Crippen LogP contribution is -2.24. The van der Waals surface area contributed by atoms with Gasteiger partial charge in [0.15, 0.2) is 18.1 Å². The number of carbonyl (C=O) groups excluding carboxylic acids is 1. The van der Waals surface area contributed by atoms with Crippen LogP contribution < -0.4 is 24.4 Å². The summed E-state index contributed by atoms with van der Waals surface area (Å²) in [5.74, 6) is 1.19. The van der Waals surface area contributed by atoms with Crippen LogP contribution >= 0.6 is 0 Å². The number of hydrogen-bond donors (Lipinski definition) is 1. The van der Waals surface area contributed by atoms with Crippen LogP contribution in [-0.2, 0) is 4.79 Å². The van der Waals surface area contributed by atoms with E-state index in [4.69, 9.17) is 18.9 Å². The highest BCUT2D eigenvalue weighted by molar-refractivity contribution is 5.84. The largest absolute Gasteiger partial charge is 0.493 e. The van der Waals surface area contributed by atoms with Gasteiger partial charge in [0.25, 0.3) is 11.6 Å². The van der Waals surface area contributed by atoms with E-state index in [0.717, 1.165) is 0 Å². The lowest BCUT2D eigenvalue weighted by atomic mass is 10.2. The van der Waals surface area contributed by atoms with E-state index in [1.54, 1.807) is 12.1 Å². The number of hydrazone groups is 1. The Kier molecular flexibility index (Phi) is 7.14. The summed E-state index contributed by atoms with van der Waals surface area (Å²) in [5.41, 5.74) is 2.87. The fourth-order valence-corrected chi connectivity index (χ4v) is 2.20. The first-order valence-corrected chi connectivity index (χ1v) is 7.97. The predicted octanol–water partition coefficient (Wildman–Crippen LogP) is 2.15. The number of amides is 1. The summed E-state index contributed by atoms with van der Waals surface area (Å²) in [4.78, 5) is 21.9. The van der Waals surface area contributed by atoms with Crippen molar-refractivity contribution in [3.8, 4) is 23.0 Å². The Hall–Kier alpha value is -3.82. The summed E-state index contributed by atoms with van der Waals surface area (Å²) in [6.07, 6.45) is 1.41. The molecular formula is C18H19N3O7. The summed E-state index contributed by atoms with van der Waals surface area (Å²) >= 11 is 0. The van der Waals surface area contributed by atoms with Crippen LogP contribution in [0.2, 0.25) is 0 Å². The molecule has 0 saturated carbocycles. The van der Waals surface area contributed by atoms with Crippen molar-refractivity contribution in [2.75, 3.05) is 27.9 Å². The molecule has 2 rings (SSSR count). The first kappa shape index (κ1) is 20.5. The maximum absolute atomic E-state index is 11.8. The zero-order chi connectivity index (χ0) is 20.5. The van der Waals surface area contributed by atoms with Gasteiger partial charge in [0.2, 0.25) is 5.75 Å². The molecule has 0 heterocycles. The molecule has 0 unspecified atom stereocenters. The zero-order valence-electron chi connectivity index (χ0n) is 15.5. The third-order valence-electron chi connectivity index (χ3n) is 3.51. The highest BCUT2D eigenvalue weighted by atomic mass is 16.6. The smallest absolute Gasteiger partial charge is 0.277 e. The SMILES string of the molecule is COc1cc(C=NNC(=O)COc2ccc([N+](=O)[O-])cc2)cc(OC)c1OC. The van der Waals surface area contributed by atoms with E-state index >= 15 is 0 Å². The van der Waals surface area contributed by atoms with Gasteiger partial charge in [-0.05, 0) is 24.3 Å². The number of nitrogens with one attached hydrogen (secondary N) is 1. The molecule has 0 atom stereocenters. The Morgan fingerprint density at radius 3 is 2.21 bits per heavy atom. The van der Waals surface area contributed by atoms with E-state index in [9.17, 15) is 14.9 Å². The maximum atomic E-state index is 11.8. The van der Waals surface area contributed by atoms with Gasteiger partial charge >= 0.3 is 0 Å². The van der Waals surface area contributed by atoms with Crippen LogP contribution in [0.4, 0.5) is 5.69 Å². The Labute approximate surface area is 160 Å². The number of benzene rings is 2. The molecule has 0 saturated heterocycles. The number of nitro groups is 1. The first-order valence-electron chi connectivity index (χ1n) is 7.97. The summed E-state index contributed by atoms with van der Waals surface area (Å²) in [6, 6.07) is 8.73. The number of hydrogen-bond acceptors (Lipinski definition) is 8.